The first-order valence-corrected chi connectivity index (χ1v) is 17.7. The van der Waals surface area contributed by atoms with Crippen molar-refractivity contribution in [3.05, 3.63) is 64.7 Å². The van der Waals surface area contributed by atoms with Gasteiger partial charge in [0.2, 0.25) is 5.91 Å². The molecule has 2 heterocycles. The first-order chi connectivity index (χ1) is 19.8. The van der Waals surface area contributed by atoms with Gasteiger partial charge in [-0.2, -0.15) is 26.3 Å². The van der Waals surface area contributed by atoms with Crippen molar-refractivity contribution >= 4 is 36.4 Å². The predicted octanol–water partition coefficient (Wildman–Crippen LogP) is 6.38. The summed E-state index contributed by atoms with van der Waals surface area (Å²) in [4.78, 5) is 15.5. The van der Waals surface area contributed by atoms with Crippen molar-refractivity contribution in [3.8, 4) is 0 Å². The summed E-state index contributed by atoms with van der Waals surface area (Å²) in [5.41, 5.74) is -7.43. The van der Waals surface area contributed by atoms with Crippen molar-refractivity contribution in [2.45, 2.75) is 79.7 Å². The summed E-state index contributed by atoms with van der Waals surface area (Å²) >= 11 is 5.42. The molecule has 0 radical (unpaired) electrons. The molecule has 2 fully saturated rings. The van der Waals surface area contributed by atoms with Crippen LogP contribution in [0.4, 0.5) is 30.7 Å². The Bertz CT molecular complexity index is 1550. The minimum absolute atomic E-state index is 0.00373. The number of aryl methyl sites for hydroxylation is 2. The summed E-state index contributed by atoms with van der Waals surface area (Å²) in [6, 6.07) is 6.81. The molecule has 2 aromatic rings. The zero-order valence-electron chi connectivity index (χ0n) is 23.3. The number of alkyl halides is 7. The van der Waals surface area contributed by atoms with Crippen LogP contribution in [-0.2, 0) is 52.1 Å². The second kappa shape index (κ2) is 10.5. The average molecular weight is 670 g/mol. The van der Waals surface area contributed by atoms with Crippen LogP contribution >= 0.6 is 0 Å². The van der Waals surface area contributed by atoms with Crippen molar-refractivity contribution in [3.63, 3.8) is 0 Å². The van der Waals surface area contributed by atoms with Crippen molar-refractivity contribution in [2.75, 3.05) is 18.1 Å². The van der Waals surface area contributed by atoms with Crippen LogP contribution in [-0.4, -0.2) is 55.7 Å². The first-order valence-electron chi connectivity index (χ1n) is 13.7. The van der Waals surface area contributed by atoms with Crippen LogP contribution in [0.1, 0.15) is 54.9 Å². The Kier molecular flexibility index (Phi) is 7.90. The number of amides is 1. The van der Waals surface area contributed by atoms with Crippen LogP contribution in [0, 0.1) is 12.3 Å². The Morgan fingerprint density at radius 3 is 2.09 bits per heavy atom. The highest BCUT2D eigenvalue weighted by atomic mass is 32.8. The van der Waals surface area contributed by atoms with Gasteiger partial charge in [0, 0.05) is 17.5 Å². The fourth-order valence-corrected chi connectivity index (χ4v) is 11.3. The molecule has 0 N–H and O–H groups in total. The zero-order chi connectivity index (χ0) is 31.8. The molecule has 1 amide bonds. The fraction of sp³-hybridized carbons (Fsp3) is 0.552. The monoisotopic (exact) mass is 669 g/mol. The molecule has 2 saturated heterocycles. The quantitative estimate of drug-likeness (QED) is 0.355. The molecule has 0 bridgehead atoms. The molecule has 5 rings (SSSR count). The van der Waals surface area contributed by atoms with Crippen LogP contribution in [0.15, 0.2) is 47.4 Å². The molecule has 4 nitrogen and oxygen atoms in total. The van der Waals surface area contributed by atoms with E-state index in [4.69, 9.17) is 11.2 Å². The van der Waals surface area contributed by atoms with Crippen LogP contribution in [0.25, 0.3) is 0 Å². The molecule has 2 aromatic carbocycles. The van der Waals surface area contributed by atoms with E-state index in [1.165, 1.54) is 12.1 Å². The maximum Gasteiger partial charge on any atom is 0.435 e. The standard InChI is InChI=1S/C29H30F7NO3S3/c1-18-3-7-21(8-4-18)43(39,40)26-11-14-37(24(38)25(2)12-15-42(41)16-13-25)23(26)10-5-19-17-20(6-9-22(19)26)27(30,28(31,32)33)29(34,35)36/h3-4,6-9,17,23H,5,10-16H2,1-2H3. The lowest BCUT2D eigenvalue weighted by Gasteiger charge is -2.45. The molecule has 14 heteroatoms. The molecule has 3 aliphatic rings. The van der Waals surface area contributed by atoms with Crippen molar-refractivity contribution < 1.29 is 43.9 Å². The number of rotatable bonds is 4. The van der Waals surface area contributed by atoms with Gasteiger partial charge >= 0.3 is 18.0 Å². The van der Waals surface area contributed by atoms with Gasteiger partial charge in [-0.3, -0.25) is 4.79 Å². The first kappa shape index (κ1) is 32.3. The molecular weight excluding hydrogens is 640 g/mol. The Morgan fingerprint density at radius 1 is 0.953 bits per heavy atom. The van der Waals surface area contributed by atoms with E-state index in [0.717, 1.165) is 11.6 Å². The van der Waals surface area contributed by atoms with Crippen molar-refractivity contribution in [1.29, 1.82) is 0 Å². The highest BCUT2D eigenvalue weighted by Crippen LogP contribution is 2.57. The lowest BCUT2D eigenvalue weighted by molar-refractivity contribution is -0.348. The lowest BCUT2D eigenvalue weighted by Crippen LogP contribution is -2.55. The maximum atomic E-state index is 15.0. The molecule has 0 spiro atoms. The summed E-state index contributed by atoms with van der Waals surface area (Å²) in [7, 11) is -4.61. The summed E-state index contributed by atoms with van der Waals surface area (Å²) in [5.74, 6) is 1.12. The van der Waals surface area contributed by atoms with Gasteiger partial charge in [0.1, 0.15) is 4.75 Å². The fourth-order valence-electron chi connectivity index (χ4n) is 6.87. The Labute approximate surface area is 252 Å². The van der Waals surface area contributed by atoms with E-state index in [2.05, 4.69) is 0 Å². The number of hydrogen-bond donors (Lipinski definition) is 0. The highest BCUT2D eigenvalue weighted by molar-refractivity contribution is 8.28. The van der Waals surface area contributed by atoms with Crippen LogP contribution in [0.5, 0.6) is 0 Å². The number of nitrogens with zero attached hydrogens (tertiary/aromatic N) is 1. The molecule has 0 aromatic heterocycles. The zero-order valence-corrected chi connectivity index (χ0v) is 25.8. The number of sulfone groups is 1. The number of benzene rings is 2. The van der Waals surface area contributed by atoms with Gasteiger partial charge < -0.3 is 4.90 Å². The van der Waals surface area contributed by atoms with E-state index in [0.29, 0.717) is 36.5 Å². The van der Waals surface area contributed by atoms with Crippen LogP contribution in [0.2, 0.25) is 0 Å². The summed E-state index contributed by atoms with van der Waals surface area (Å²) in [6.45, 7) is 3.62. The molecule has 0 saturated carbocycles. The number of carbonyl (C=O) groups is 1. The minimum Gasteiger partial charge on any atom is -0.337 e. The highest BCUT2D eigenvalue weighted by Gasteiger charge is 2.74. The van der Waals surface area contributed by atoms with E-state index in [-0.39, 0.29) is 57.2 Å². The third-order valence-corrected chi connectivity index (χ3v) is 14.3. The van der Waals surface area contributed by atoms with Crippen LogP contribution in [0.3, 0.4) is 0 Å². The molecule has 1 aliphatic carbocycles. The number of likely N-dealkylation sites (tertiary alicyclic amines) is 1. The van der Waals surface area contributed by atoms with Gasteiger partial charge in [0.05, 0.1) is 10.9 Å². The van der Waals surface area contributed by atoms with E-state index >= 15 is 4.39 Å². The molecule has 2 atom stereocenters. The van der Waals surface area contributed by atoms with Crippen LogP contribution < -0.4 is 0 Å². The number of hydrogen-bond acceptors (Lipinski definition) is 4. The predicted molar refractivity (Wildman–Crippen MR) is 152 cm³/mol. The maximum absolute atomic E-state index is 15.0. The van der Waals surface area contributed by atoms with Gasteiger partial charge in [0.15, 0.2) is 9.84 Å². The molecule has 43 heavy (non-hydrogen) atoms. The lowest BCUT2D eigenvalue weighted by atomic mass is 9.76. The summed E-state index contributed by atoms with van der Waals surface area (Å²) in [6.07, 6.45) is -11.8. The normalized spacial score (nSPS) is 28.3. The molecular formula is C29H30F7NO3S3. The SMILES string of the molecule is Cc1ccc(S(=O)(=O)C23CCN(C(=O)C4(C)CCS(=S)CC4)C2CCc2cc(C(F)(C(F)(F)F)C(F)(F)F)ccc23)cc1. The van der Waals surface area contributed by atoms with E-state index < -0.39 is 49.6 Å². The minimum atomic E-state index is -6.31. The summed E-state index contributed by atoms with van der Waals surface area (Å²) < 4.78 is 124. The molecule has 2 aliphatic heterocycles. The van der Waals surface area contributed by atoms with E-state index in [9.17, 15) is 39.6 Å². The van der Waals surface area contributed by atoms with Crippen molar-refractivity contribution in [2.24, 2.45) is 5.41 Å². The molecule has 236 valence electrons. The van der Waals surface area contributed by atoms with E-state index in [1.54, 1.807) is 24.0 Å². The third kappa shape index (κ3) is 4.84. The second-order valence-corrected chi connectivity index (χ2v) is 17.3. The van der Waals surface area contributed by atoms with Gasteiger partial charge in [-0.15, -0.1) is 9.45 Å². The average Bonchev–Trinajstić information content (AvgIpc) is 3.34. The van der Waals surface area contributed by atoms with E-state index in [1.807, 2.05) is 6.92 Å². The Morgan fingerprint density at radius 2 is 1.53 bits per heavy atom. The number of carbonyl (C=O) groups excluding carboxylic acids is 1. The van der Waals surface area contributed by atoms with Gasteiger partial charge in [-0.25, -0.2) is 12.8 Å². The number of fused-ring (bicyclic) bond motifs is 3. The Hall–Kier alpha value is -2.06. The number of halogens is 7. The van der Waals surface area contributed by atoms with Gasteiger partial charge in [-0.05, 0) is 73.8 Å². The third-order valence-electron chi connectivity index (χ3n) is 9.42. The summed E-state index contributed by atoms with van der Waals surface area (Å²) in [5, 5.41) is 0. The largest absolute Gasteiger partial charge is 0.435 e. The van der Waals surface area contributed by atoms with Gasteiger partial charge in [-0.1, -0.05) is 54.0 Å². The second-order valence-electron chi connectivity index (χ2n) is 11.9. The van der Waals surface area contributed by atoms with Crippen molar-refractivity contribution in [1.82, 2.24) is 4.90 Å². The topological polar surface area (TPSA) is 54.5 Å². The Balaban J connectivity index is 1.68. The smallest absolute Gasteiger partial charge is 0.337 e. The molecule has 2 unspecified atom stereocenters. The van der Waals surface area contributed by atoms with Gasteiger partial charge in [0.25, 0.3) is 0 Å².